The molecule has 0 aliphatic heterocycles. The number of aromatic nitrogens is 1. The molecule has 1 heterocycles. The molecule has 2 bridgehead atoms. The van der Waals surface area contributed by atoms with E-state index in [2.05, 4.69) is 29.4 Å². The van der Waals surface area contributed by atoms with Gasteiger partial charge in [0.2, 0.25) is 5.91 Å². The number of hydrogen-bond donors (Lipinski definition) is 1. The number of anilines is 1. The van der Waals surface area contributed by atoms with E-state index >= 15 is 0 Å². The molecule has 4 heteroatoms. The van der Waals surface area contributed by atoms with E-state index in [1.54, 1.807) is 11.3 Å². The summed E-state index contributed by atoms with van der Waals surface area (Å²) in [5, 5.41) is 3.75. The lowest BCUT2D eigenvalue weighted by molar-refractivity contribution is -0.117. The van der Waals surface area contributed by atoms with E-state index in [0.717, 1.165) is 27.2 Å². The van der Waals surface area contributed by atoms with Crippen LogP contribution in [0.15, 0.2) is 18.2 Å². The van der Waals surface area contributed by atoms with Crippen LogP contribution >= 0.6 is 11.3 Å². The molecule has 110 valence electrons. The van der Waals surface area contributed by atoms with Crippen molar-refractivity contribution in [2.24, 2.45) is 17.8 Å². The topological polar surface area (TPSA) is 42.0 Å². The van der Waals surface area contributed by atoms with Crippen molar-refractivity contribution in [2.45, 2.75) is 39.0 Å². The number of fused-ring (bicyclic) bond motifs is 3. The number of nitrogens with one attached hydrogen (secondary N) is 1. The van der Waals surface area contributed by atoms with E-state index in [9.17, 15) is 4.79 Å². The molecule has 0 spiro atoms. The van der Waals surface area contributed by atoms with Crippen molar-refractivity contribution in [2.75, 3.05) is 5.32 Å². The zero-order valence-corrected chi connectivity index (χ0v) is 13.1. The van der Waals surface area contributed by atoms with Crippen molar-refractivity contribution < 1.29 is 4.79 Å². The van der Waals surface area contributed by atoms with Gasteiger partial charge in [0.25, 0.3) is 0 Å². The largest absolute Gasteiger partial charge is 0.302 e. The summed E-state index contributed by atoms with van der Waals surface area (Å²) in [4.78, 5) is 16.7. The van der Waals surface area contributed by atoms with E-state index in [-0.39, 0.29) is 5.91 Å². The Labute approximate surface area is 128 Å². The Morgan fingerprint density at radius 2 is 2.29 bits per heavy atom. The molecular formula is C17H20N2OS. The lowest BCUT2D eigenvalue weighted by atomic mass is 9.86. The van der Waals surface area contributed by atoms with Crippen LogP contribution in [-0.4, -0.2) is 10.9 Å². The number of hydrogen-bond acceptors (Lipinski definition) is 3. The van der Waals surface area contributed by atoms with Gasteiger partial charge >= 0.3 is 0 Å². The molecule has 1 N–H and O–H groups in total. The molecular weight excluding hydrogens is 280 g/mol. The average molecular weight is 300 g/mol. The lowest BCUT2D eigenvalue weighted by Gasteiger charge is -2.20. The van der Waals surface area contributed by atoms with Crippen molar-refractivity contribution in [1.29, 1.82) is 0 Å². The standard InChI is InChI=1S/C17H20N2OS/c1-10-2-5-14-15(6-10)21-17(18-14)19-16(20)9-13-8-11-3-4-12(13)7-11/h2,5-6,11-13H,3-4,7-9H2,1H3,(H,18,19,20). The van der Waals surface area contributed by atoms with Crippen molar-refractivity contribution in [3.63, 3.8) is 0 Å². The number of nitrogens with zero attached hydrogens (tertiary/aromatic N) is 1. The van der Waals surface area contributed by atoms with Crippen LogP contribution in [0.25, 0.3) is 10.2 Å². The van der Waals surface area contributed by atoms with Gasteiger partial charge in [0.15, 0.2) is 5.13 Å². The van der Waals surface area contributed by atoms with Crippen LogP contribution in [0.2, 0.25) is 0 Å². The second-order valence-corrected chi connectivity index (χ2v) is 7.71. The Bertz CT molecular complexity index is 693. The van der Waals surface area contributed by atoms with Crippen LogP contribution in [0.5, 0.6) is 0 Å². The van der Waals surface area contributed by atoms with E-state index in [4.69, 9.17) is 0 Å². The quantitative estimate of drug-likeness (QED) is 0.914. The van der Waals surface area contributed by atoms with Gasteiger partial charge in [0, 0.05) is 6.42 Å². The van der Waals surface area contributed by atoms with Gasteiger partial charge in [-0.25, -0.2) is 4.98 Å². The van der Waals surface area contributed by atoms with Gasteiger partial charge in [-0.2, -0.15) is 0 Å². The number of aryl methyl sites for hydroxylation is 1. The Morgan fingerprint density at radius 3 is 3.05 bits per heavy atom. The molecule has 2 saturated carbocycles. The summed E-state index contributed by atoms with van der Waals surface area (Å²) in [6.45, 7) is 2.08. The highest BCUT2D eigenvalue weighted by atomic mass is 32.1. The number of carbonyl (C=O) groups excluding carboxylic acids is 1. The highest BCUT2D eigenvalue weighted by molar-refractivity contribution is 7.22. The van der Waals surface area contributed by atoms with E-state index in [1.807, 2.05) is 6.07 Å². The molecule has 3 unspecified atom stereocenters. The van der Waals surface area contributed by atoms with Crippen LogP contribution < -0.4 is 5.32 Å². The Hall–Kier alpha value is -1.42. The fourth-order valence-electron chi connectivity index (χ4n) is 4.12. The molecule has 21 heavy (non-hydrogen) atoms. The number of benzene rings is 1. The SMILES string of the molecule is Cc1ccc2nc(NC(=O)CC3CC4CCC3C4)sc2c1. The maximum Gasteiger partial charge on any atom is 0.226 e. The third kappa shape index (κ3) is 2.57. The lowest BCUT2D eigenvalue weighted by Crippen LogP contribution is -2.20. The summed E-state index contributed by atoms with van der Waals surface area (Å²) in [6, 6.07) is 6.20. The minimum Gasteiger partial charge on any atom is -0.302 e. The van der Waals surface area contributed by atoms with E-state index in [0.29, 0.717) is 12.3 Å². The van der Waals surface area contributed by atoms with Crippen molar-refractivity contribution in [1.82, 2.24) is 4.98 Å². The van der Waals surface area contributed by atoms with E-state index in [1.165, 1.54) is 31.2 Å². The third-order valence-electron chi connectivity index (χ3n) is 5.12. The van der Waals surface area contributed by atoms with Gasteiger partial charge in [-0.1, -0.05) is 23.8 Å². The van der Waals surface area contributed by atoms with Crippen LogP contribution in [-0.2, 0) is 4.79 Å². The Kier molecular flexibility index (Phi) is 3.21. The number of rotatable bonds is 3. The molecule has 2 fully saturated rings. The normalized spacial score (nSPS) is 27.4. The van der Waals surface area contributed by atoms with Gasteiger partial charge < -0.3 is 5.32 Å². The molecule has 3 nitrogen and oxygen atoms in total. The number of thiazole rings is 1. The van der Waals surface area contributed by atoms with Crippen molar-refractivity contribution in [3.8, 4) is 0 Å². The zero-order chi connectivity index (χ0) is 14.4. The van der Waals surface area contributed by atoms with Gasteiger partial charge in [-0.3, -0.25) is 4.79 Å². The van der Waals surface area contributed by atoms with Gasteiger partial charge in [-0.15, -0.1) is 0 Å². The maximum atomic E-state index is 12.2. The maximum absolute atomic E-state index is 12.2. The second kappa shape index (κ2) is 5.09. The molecule has 2 aliphatic rings. The molecule has 1 aromatic carbocycles. The van der Waals surface area contributed by atoms with Crippen molar-refractivity contribution in [3.05, 3.63) is 23.8 Å². The molecule has 1 amide bonds. The average Bonchev–Trinajstić information content (AvgIpc) is 3.12. The Morgan fingerprint density at radius 1 is 1.38 bits per heavy atom. The predicted molar refractivity (Wildman–Crippen MR) is 86.5 cm³/mol. The van der Waals surface area contributed by atoms with Gasteiger partial charge in [0.05, 0.1) is 10.2 Å². The van der Waals surface area contributed by atoms with Crippen LogP contribution in [0.4, 0.5) is 5.13 Å². The van der Waals surface area contributed by atoms with Crippen LogP contribution in [0.1, 0.15) is 37.7 Å². The number of carbonyl (C=O) groups is 1. The molecule has 2 aliphatic carbocycles. The van der Waals surface area contributed by atoms with Crippen LogP contribution in [0, 0.1) is 24.7 Å². The smallest absolute Gasteiger partial charge is 0.226 e. The van der Waals surface area contributed by atoms with Crippen molar-refractivity contribution >= 4 is 32.6 Å². The second-order valence-electron chi connectivity index (χ2n) is 6.68. The van der Waals surface area contributed by atoms with Gasteiger partial charge in [-0.05, 0) is 61.6 Å². The first kappa shape index (κ1) is 13.3. The summed E-state index contributed by atoms with van der Waals surface area (Å²) < 4.78 is 1.14. The first-order valence-corrected chi connectivity index (χ1v) is 8.66. The molecule has 0 saturated heterocycles. The summed E-state index contributed by atoms with van der Waals surface area (Å²) in [6.07, 6.45) is 6.02. The summed E-state index contributed by atoms with van der Waals surface area (Å²) in [7, 11) is 0. The van der Waals surface area contributed by atoms with E-state index < -0.39 is 0 Å². The minimum atomic E-state index is 0.142. The third-order valence-corrected chi connectivity index (χ3v) is 6.06. The molecule has 4 rings (SSSR count). The number of amides is 1. The fourth-order valence-corrected chi connectivity index (χ4v) is 5.10. The molecule has 1 aromatic heterocycles. The first-order chi connectivity index (χ1) is 10.2. The minimum absolute atomic E-state index is 0.142. The molecule has 0 radical (unpaired) electrons. The fraction of sp³-hybridized carbons (Fsp3) is 0.529. The summed E-state index contributed by atoms with van der Waals surface area (Å²) in [5.41, 5.74) is 2.20. The predicted octanol–water partition coefficient (Wildman–Crippen LogP) is 4.37. The monoisotopic (exact) mass is 300 g/mol. The molecule has 3 atom stereocenters. The highest BCUT2D eigenvalue weighted by Crippen LogP contribution is 2.49. The van der Waals surface area contributed by atoms with Crippen LogP contribution in [0.3, 0.4) is 0 Å². The Balaban J connectivity index is 1.43. The molecule has 2 aromatic rings. The summed E-state index contributed by atoms with van der Waals surface area (Å²) >= 11 is 1.57. The first-order valence-electron chi connectivity index (χ1n) is 7.84. The highest BCUT2D eigenvalue weighted by Gasteiger charge is 2.40. The summed E-state index contributed by atoms with van der Waals surface area (Å²) in [5.74, 6) is 2.46. The van der Waals surface area contributed by atoms with Gasteiger partial charge in [0.1, 0.15) is 0 Å². The zero-order valence-electron chi connectivity index (χ0n) is 12.3.